The second-order valence-corrected chi connectivity index (χ2v) is 6.82. The molecule has 2 aliphatic carbocycles. The van der Waals surface area contributed by atoms with E-state index in [9.17, 15) is 19.2 Å². The number of carboxylic acids is 1. The standard InChI is InChI=1S/C17H22N2O6/c1-2-25-15(22)9-19-16(23)13(7-14(20)21)18(17(19)24)8-12-6-10-3-4-11(12)5-10/h3-4,10-13H,2,5-9H2,1H3,(H,20,21)/t10?,11?,12?,13-/m0/s1. The monoisotopic (exact) mass is 350 g/mol. The zero-order valence-corrected chi connectivity index (χ0v) is 14.1. The van der Waals surface area contributed by atoms with Crippen LogP contribution in [0.25, 0.3) is 0 Å². The zero-order chi connectivity index (χ0) is 18.1. The first-order valence-electron chi connectivity index (χ1n) is 8.58. The van der Waals surface area contributed by atoms with E-state index in [1.807, 2.05) is 0 Å². The summed E-state index contributed by atoms with van der Waals surface area (Å²) in [4.78, 5) is 50.1. The minimum absolute atomic E-state index is 0.148. The Balaban J connectivity index is 1.74. The average molecular weight is 350 g/mol. The van der Waals surface area contributed by atoms with Crippen molar-refractivity contribution in [1.29, 1.82) is 0 Å². The van der Waals surface area contributed by atoms with Gasteiger partial charge in [0.2, 0.25) is 0 Å². The predicted molar refractivity (Wildman–Crippen MR) is 85.3 cm³/mol. The van der Waals surface area contributed by atoms with E-state index in [1.54, 1.807) is 6.92 Å². The molecule has 0 spiro atoms. The van der Waals surface area contributed by atoms with Gasteiger partial charge in [0.15, 0.2) is 0 Å². The third-order valence-electron chi connectivity index (χ3n) is 5.21. The van der Waals surface area contributed by atoms with Gasteiger partial charge in [-0.2, -0.15) is 0 Å². The maximum Gasteiger partial charge on any atom is 0.328 e. The minimum Gasteiger partial charge on any atom is -0.481 e. The smallest absolute Gasteiger partial charge is 0.328 e. The van der Waals surface area contributed by atoms with E-state index in [2.05, 4.69) is 12.2 Å². The summed E-state index contributed by atoms with van der Waals surface area (Å²) in [6.45, 7) is 1.64. The molecule has 3 aliphatic rings. The van der Waals surface area contributed by atoms with E-state index in [0.717, 1.165) is 17.7 Å². The number of aliphatic carboxylic acids is 1. The number of ether oxygens (including phenoxy) is 1. The lowest BCUT2D eigenvalue weighted by atomic mass is 9.92. The lowest BCUT2D eigenvalue weighted by Gasteiger charge is -2.27. The quantitative estimate of drug-likeness (QED) is 0.415. The van der Waals surface area contributed by atoms with Crippen molar-refractivity contribution >= 4 is 23.9 Å². The molecule has 4 atom stereocenters. The average Bonchev–Trinajstić information content (AvgIpc) is 3.21. The minimum atomic E-state index is -1.15. The van der Waals surface area contributed by atoms with Crippen LogP contribution in [0.1, 0.15) is 26.2 Å². The summed E-state index contributed by atoms with van der Waals surface area (Å²) in [5.41, 5.74) is 0. The normalized spacial score (nSPS) is 30.4. The highest BCUT2D eigenvalue weighted by molar-refractivity contribution is 6.07. The number of amides is 3. The lowest BCUT2D eigenvalue weighted by Crippen LogP contribution is -2.41. The highest BCUT2D eigenvalue weighted by Gasteiger charge is 2.49. The molecule has 1 saturated carbocycles. The number of hydrogen-bond donors (Lipinski definition) is 1. The van der Waals surface area contributed by atoms with Gasteiger partial charge in [0.1, 0.15) is 12.6 Å². The van der Waals surface area contributed by atoms with Crippen molar-refractivity contribution in [2.24, 2.45) is 17.8 Å². The topological polar surface area (TPSA) is 104 Å². The van der Waals surface area contributed by atoms with Gasteiger partial charge < -0.3 is 14.7 Å². The van der Waals surface area contributed by atoms with Crippen LogP contribution in [0, 0.1) is 17.8 Å². The summed E-state index contributed by atoms with van der Waals surface area (Å²) in [7, 11) is 0. The first kappa shape index (κ1) is 17.4. The number of allylic oxidation sites excluding steroid dienone is 2. The molecule has 0 radical (unpaired) electrons. The van der Waals surface area contributed by atoms with E-state index < -0.39 is 42.9 Å². The van der Waals surface area contributed by atoms with E-state index in [0.29, 0.717) is 18.4 Å². The Morgan fingerprint density at radius 2 is 2.04 bits per heavy atom. The van der Waals surface area contributed by atoms with Crippen LogP contribution in [0.15, 0.2) is 12.2 Å². The largest absolute Gasteiger partial charge is 0.481 e. The Hall–Kier alpha value is -2.38. The fourth-order valence-corrected chi connectivity index (χ4v) is 4.10. The predicted octanol–water partition coefficient (Wildman–Crippen LogP) is 0.869. The highest BCUT2D eigenvalue weighted by Crippen LogP contribution is 2.44. The molecule has 25 heavy (non-hydrogen) atoms. The number of urea groups is 1. The fraction of sp³-hybridized carbons (Fsp3) is 0.647. The number of rotatable bonds is 7. The van der Waals surface area contributed by atoms with Gasteiger partial charge >= 0.3 is 18.0 Å². The van der Waals surface area contributed by atoms with Crippen molar-refractivity contribution in [2.45, 2.75) is 32.2 Å². The number of nitrogens with zero attached hydrogens (tertiary/aromatic N) is 2. The number of hydrogen-bond acceptors (Lipinski definition) is 5. The number of carbonyl (C=O) groups excluding carboxylic acids is 3. The third-order valence-corrected chi connectivity index (χ3v) is 5.21. The number of imide groups is 1. The first-order valence-corrected chi connectivity index (χ1v) is 8.58. The Morgan fingerprint density at radius 3 is 2.60 bits per heavy atom. The summed E-state index contributed by atoms with van der Waals surface area (Å²) < 4.78 is 4.80. The molecule has 2 bridgehead atoms. The molecule has 1 N–H and O–H groups in total. The molecular formula is C17H22N2O6. The number of fused-ring (bicyclic) bond motifs is 2. The van der Waals surface area contributed by atoms with E-state index in [-0.39, 0.29) is 12.5 Å². The summed E-state index contributed by atoms with van der Waals surface area (Å²) >= 11 is 0. The Labute approximate surface area is 145 Å². The maximum absolute atomic E-state index is 12.7. The molecule has 8 nitrogen and oxygen atoms in total. The second kappa shape index (κ2) is 6.85. The van der Waals surface area contributed by atoms with Crippen LogP contribution >= 0.6 is 0 Å². The van der Waals surface area contributed by atoms with Crippen molar-refractivity contribution in [3.05, 3.63) is 12.2 Å². The SMILES string of the molecule is CCOC(=O)CN1C(=O)[C@H](CC(=O)O)N(CC2CC3C=CC2C3)C1=O. The Bertz CT molecular complexity index is 631. The molecule has 0 aromatic heterocycles. The number of carbonyl (C=O) groups is 4. The van der Waals surface area contributed by atoms with Gasteiger partial charge in [-0.15, -0.1) is 0 Å². The van der Waals surface area contributed by atoms with Gasteiger partial charge in [-0.1, -0.05) is 12.2 Å². The molecule has 1 saturated heterocycles. The second-order valence-electron chi connectivity index (χ2n) is 6.82. The summed E-state index contributed by atoms with van der Waals surface area (Å²) in [5.74, 6) is -1.36. The van der Waals surface area contributed by atoms with Crippen LogP contribution in [0.2, 0.25) is 0 Å². The van der Waals surface area contributed by atoms with Crippen LogP contribution in [-0.4, -0.2) is 64.5 Å². The summed E-state index contributed by atoms with van der Waals surface area (Å²) in [6, 6.07) is -1.65. The summed E-state index contributed by atoms with van der Waals surface area (Å²) in [5, 5.41) is 9.10. The van der Waals surface area contributed by atoms with E-state index in [1.165, 1.54) is 4.90 Å². The molecule has 0 aromatic rings. The zero-order valence-electron chi connectivity index (χ0n) is 14.1. The van der Waals surface area contributed by atoms with E-state index >= 15 is 0 Å². The molecular weight excluding hydrogens is 328 g/mol. The lowest BCUT2D eigenvalue weighted by molar-refractivity contribution is -0.147. The Morgan fingerprint density at radius 1 is 1.28 bits per heavy atom. The van der Waals surface area contributed by atoms with Gasteiger partial charge in [0.25, 0.3) is 5.91 Å². The van der Waals surface area contributed by atoms with Crippen molar-refractivity contribution < 1.29 is 29.0 Å². The van der Waals surface area contributed by atoms with E-state index in [4.69, 9.17) is 9.84 Å². The van der Waals surface area contributed by atoms with Crippen molar-refractivity contribution in [3.8, 4) is 0 Å². The maximum atomic E-state index is 12.7. The molecule has 8 heteroatoms. The van der Waals surface area contributed by atoms with Gasteiger partial charge in [0.05, 0.1) is 13.0 Å². The Kier molecular flexibility index (Phi) is 4.78. The number of esters is 1. The van der Waals surface area contributed by atoms with Crippen LogP contribution in [-0.2, 0) is 19.1 Å². The van der Waals surface area contributed by atoms with Crippen molar-refractivity contribution in [2.75, 3.05) is 19.7 Å². The molecule has 1 aliphatic heterocycles. The van der Waals surface area contributed by atoms with Gasteiger partial charge in [-0.05, 0) is 37.5 Å². The van der Waals surface area contributed by atoms with Gasteiger partial charge in [0, 0.05) is 6.54 Å². The van der Waals surface area contributed by atoms with Crippen LogP contribution < -0.4 is 0 Å². The molecule has 136 valence electrons. The van der Waals surface area contributed by atoms with Gasteiger partial charge in [-0.3, -0.25) is 19.3 Å². The third kappa shape index (κ3) is 3.38. The van der Waals surface area contributed by atoms with Crippen LogP contribution in [0.5, 0.6) is 0 Å². The molecule has 0 aromatic carbocycles. The molecule has 3 amide bonds. The number of carboxylic acid groups (broad SMARTS) is 1. The molecule has 3 unspecified atom stereocenters. The fourth-order valence-electron chi connectivity index (χ4n) is 4.10. The molecule has 2 fully saturated rings. The highest BCUT2D eigenvalue weighted by atomic mass is 16.5. The van der Waals surface area contributed by atoms with Gasteiger partial charge in [-0.25, -0.2) is 4.79 Å². The van der Waals surface area contributed by atoms with Crippen LogP contribution in [0.3, 0.4) is 0 Å². The first-order chi connectivity index (χ1) is 11.9. The summed E-state index contributed by atoms with van der Waals surface area (Å²) in [6.07, 6.45) is 5.86. The van der Waals surface area contributed by atoms with Crippen molar-refractivity contribution in [1.82, 2.24) is 9.80 Å². The van der Waals surface area contributed by atoms with Crippen molar-refractivity contribution in [3.63, 3.8) is 0 Å². The molecule has 1 heterocycles. The van der Waals surface area contributed by atoms with Crippen LogP contribution in [0.4, 0.5) is 4.79 Å². The molecule has 3 rings (SSSR count).